The zero-order chi connectivity index (χ0) is 13.2. The van der Waals surface area contributed by atoms with Crippen LogP contribution in [0.4, 0.5) is 0 Å². The summed E-state index contributed by atoms with van der Waals surface area (Å²) < 4.78 is 4.83. The molecule has 0 atom stereocenters. The van der Waals surface area contributed by atoms with E-state index in [1.54, 1.807) is 19.2 Å². The fraction of sp³-hybridized carbons (Fsp3) is 0.462. The van der Waals surface area contributed by atoms with E-state index in [1.807, 2.05) is 12.1 Å². The summed E-state index contributed by atoms with van der Waals surface area (Å²) in [5.74, 6) is 0.279. The second-order valence-corrected chi connectivity index (χ2v) is 3.94. The van der Waals surface area contributed by atoms with Gasteiger partial charge in [0.05, 0.1) is 6.61 Å². The minimum Gasteiger partial charge on any atom is -0.508 e. The molecule has 0 heterocycles. The first kappa shape index (κ1) is 14.5. The zero-order valence-corrected chi connectivity index (χ0v) is 10.6. The second-order valence-electron chi connectivity index (χ2n) is 3.94. The van der Waals surface area contributed by atoms with E-state index in [2.05, 4.69) is 10.6 Å². The van der Waals surface area contributed by atoms with Gasteiger partial charge >= 0.3 is 0 Å². The van der Waals surface area contributed by atoms with Gasteiger partial charge in [-0.1, -0.05) is 12.1 Å². The van der Waals surface area contributed by atoms with E-state index in [9.17, 15) is 4.79 Å². The molecule has 1 rings (SSSR count). The number of carbonyl (C=O) groups excluding carboxylic acids is 1. The number of phenolic OH excluding ortho intramolecular Hbond substituents is 1. The molecule has 0 bridgehead atoms. The van der Waals surface area contributed by atoms with Crippen LogP contribution in [0.25, 0.3) is 0 Å². The van der Waals surface area contributed by atoms with Crippen LogP contribution in [-0.4, -0.2) is 37.8 Å². The van der Waals surface area contributed by atoms with Gasteiger partial charge in [-0.25, -0.2) is 0 Å². The van der Waals surface area contributed by atoms with Crippen LogP contribution in [0.5, 0.6) is 5.75 Å². The number of carbonyl (C=O) groups is 1. The average Bonchev–Trinajstić information content (AvgIpc) is 2.37. The summed E-state index contributed by atoms with van der Waals surface area (Å²) in [6.07, 6.45) is 0.446. The van der Waals surface area contributed by atoms with E-state index in [0.29, 0.717) is 32.7 Å². The lowest BCUT2D eigenvalue weighted by Gasteiger charge is -2.06. The van der Waals surface area contributed by atoms with Crippen molar-refractivity contribution >= 4 is 5.91 Å². The third-order valence-electron chi connectivity index (χ3n) is 2.42. The van der Waals surface area contributed by atoms with Crippen molar-refractivity contribution < 1.29 is 14.6 Å². The van der Waals surface area contributed by atoms with Crippen molar-refractivity contribution in [2.24, 2.45) is 0 Å². The van der Waals surface area contributed by atoms with Gasteiger partial charge in [0.1, 0.15) is 5.75 Å². The first-order valence-electron chi connectivity index (χ1n) is 5.96. The molecule has 0 aliphatic heterocycles. The molecule has 0 radical (unpaired) electrons. The van der Waals surface area contributed by atoms with E-state index in [1.165, 1.54) is 0 Å². The summed E-state index contributed by atoms with van der Waals surface area (Å²) in [6, 6.07) is 6.99. The molecule has 18 heavy (non-hydrogen) atoms. The maximum absolute atomic E-state index is 11.3. The van der Waals surface area contributed by atoms with Crippen molar-refractivity contribution in [2.75, 3.05) is 26.8 Å². The van der Waals surface area contributed by atoms with Gasteiger partial charge in [-0.05, 0) is 17.7 Å². The van der Waals surface area contributed by atoms with Crippen LogP contribution in [0.3, 0.4) is 0 Å². The van der Waals surface area contributed by atoms with Crippen molar-refractivity contribution in [1.82, 2.24) is 10.6 Å². The Balaban J connectivity index is 2.07. The molecule has 3 N–H and O–H groups in total. The van der Waals surface area contributed by atoms with Gasteiger partial charge in [0.25, 0.3) is 0 Å². The van der Waals surface area contributed by atoms with Crippen molar-refractivity contribution in [1.29, 1.82) is 0 Å². The molecule has 0 unspecified atom stereocenters. The van der Waals surface area contributed by atoms with Gasteiger partial charge < -0.3 is 20.5 Å². The standard InChI is InChI=1S/C13H20N2O3/c1-18-9-8-15-13(17)6-7-14-10-11-2-4-12(16)5-3-11/h2-5,14,16H,6-10H2,1H3,(H,15,17). The van der Waals surface area contributed by atoms with Gasteiger partial charge in [-0.15, -0.1) is 0 Å². The molecule has 0 saturated heterocycles. The SMILES string of the molecule is COCCNC(=O)CCNCc1ccc(O)cc1. The fourth-order valence-corrected chi connectivity index (χ4v) is 1.43. The predicted octanol–water partition coefficient (Wildman–Crippen LogP) is 0.634. The van der Waals surface area contributed by atoms with Gasteiger partial charge in [-0.2, -0.15) is 0 Å². The van der Waals surface area contributed by atoms with Crippen molar-refractivity contribution in [3.63, 3.8) is 0 Å². The smallest absolute Gasteiger partial charge is 0.221 e. The maximum Gasteiger partial charge on any atom is 0.221 e. The van der Waals surface area contributed by atoms with E-state index < -0.39 is 0 Å². The molecular weight excluding hydrogens is 232 g/mol. The Morgan fingerprint density at radius 2 is 2.00 bits per heavy atom. The Kier molecular flexibility index (Phi) is 6.83. The number of hydrogen-bond acceptors (Lipinski definition) is 4. The molecule has 5 heteroatoms. The van der Waals surface area contributed by atoms with E-state index >= 15 is 0 Å². The molecule has 1 amide bonds. The highest BCUT2D eigenvalue weighted by Gasteiger charge is 1.99. The quantitative estimate of drug-likeness (QED) is 0.594. The van der Waals surface area contributed by atoms with Gasteiger partial charge in [0, 0.05) is 33.2 Å². The summed E-state index contributed by atoms with van der Waals surface area (Å²) in [5.41, 5.74) is 1.08. The summed E-state index contributed by atoms with van der Waals surface area (Å²) in [6.45, 7) is 2.39. The Labute approximate surface area is 107 Å². The van der Waals surface area contributed by atoms with Gasteiger partial charge in [0.2, 0.25) is 5.91 Å². The first-order chi connectivity index (χ1) is 8.72. The largest absolute Gasteiger partial charge is 0.508 e. The lowest BCUT2D eigenvalue weighted by Crippen LogP contribution is -2.29. The summed E-state index contributed by atoms with van der Waals surface area (Å²) in [4.78, 5) is 11.3. The topological polar surface area (TPSA) is 70.6 Å². The molecule has 5 nitrogen and oxygen atoms in total. The molecule has 0 aliphatic carbocycles. The normalized spacial score (nSPS) is 10.3. The molecular formula is C13H20N2O3. The maximum atomic E-state index is 11.3. The van der Waals surface area contributed by atoms with Crippen LogP contribution >= 0.6 is 0 Å². The predicted molar refractivity (Wildman–Crippen MR) is 69.3 cm³/mol. The van der Waals surface area contributed by atoms with Crippen LogP contribution < -0.4 is 10.6 Å². The molecule has 0 saturated carbocycles. The molecule has 0 aromatic heterocycles. The van der Waals surface area contributed by atoms with Crippen LogP contribution in [-0.2, 0) is 16.1 Å². The van der Waals surface area contributed by atoms with Gasteiger partial charge in [0.15, 0.2) is 0 Å². The van der Waals surface area contributed by atoms with Crippen LogP contribution in [0, 0.1) is 0 Å². The zero-order valence-electron chi connectivity index (χ0n) is 10.6. The number of aromatic hydroxyl groups is 1. The Morgan fingerprint density at radius 3 is 2.67 bits per heavy atom. The van der Waals surface area contributed by atoms with Crippen molar-refractivity contribution in [2.45, 2.75) is 13.0 Å². The number of ether oxygens (including phenoxy) is 1. The Hall–Kier alpha value is -1.59. The molecule has 0 fully saturated rings. The van der Waals surface area contributed by atoms with Crippen molar-refractivity contribution in [3.8, 4) is 5.75 Å². The molecule has 0 aliphatic rings. The second kappa shape index (κ2) is 8.49. The number of hydrogen-bond donors (Lipinski definition) is 3. The lowest BCUT2D eigenvalue weighted by atomic mass is 10.2. The fourth-order valence-electron chi connectivity index (χ4n) is 1.43. The number of benzene rings is 1. The Bertz CT molecular complexity index is 352. The summed E-state index contributed by atoms with van der Waals surface area (Å²) in [7, 11) is 1.60. The molecule has 100 valence electrons. The van der Waals surface area contributed by atoms with Crippen LogP contribution in [0.1, 0.15) is 12.0 Å². The average molecular weight is 252 g/mol. The minimum atomic E-state index is 0.0188. The van der Waals surface area contributed by atoms with E-state index in [-0.39, 0.29) is 11.7 Å². The highest BCUT2D eigenvalue weighted by molar-refractivity contribution is 5.75. The number of nitrogens with one attached hydrogen (secondary N) is 2. The van der Waals surface area contributed by atoms with Gasteiger partial charge in [-0.3, -0.25) is 4.79 Å². The number of methoxy groups -OCH3 is 1. The lowest BCUT2D eigenvalue weighted by molar-refractivity contribution is -0.121. The van der Waals surface area contributed by atoms with E-state index in [0.717, 1.165) is 5.56 Å². The summed E-state index contributed by atoms with van der Waals surface area (Å²) in [5, 5.41) is 15.0. The molecule has 1 aromatic carbocycles. The van der Waals surface area contributed by atoms with E-state index in [4.69, 9.17) is 9.84 Å². The first-order valence-corrected chi connectivity index (χ1v) is 5.96. The number of phenols is 1. The number of rotatable bonds is 8. The Morgan fingerprint density at radius 1 is 1.28 bits per heavy atom. The summed E-state index contributed by atoms with van der Waals surface area (Å²) >= 11 is 0. The molecule has 1 aromatic rings. The van der Waals surface area contributed by atoms with Crippen LogP contribution in [0.15, 0.2) is 24.3 Å². The molecule has 0 spiro atoms. The highest BCUT2D eigenvalue weighted by Crippen LogP contribution is 2.08. The highest BCUT2D eigenvalue weighted by atomic mass is 16.5. The monoisotopic (exact) mass is 252 g/mol. The third kappa shape index (κ3) is 6.22. The number of amides is 1. The van der Waals surface area contributed by atoms with Crippen LogP contribution in [0.2, 0.25) is 0 Å². The third-order valence-corrected chi connectivity index (χ3v) is 2.42. The van der Waals surface area contributed by atoms with Crippen molar-refractivity contribution in [3.05, 3.63) is 29.8 Å². The minimum absolute atomic E-state index is 0.0188.